The highest BCUT2D eigenvalue weighted by Crippen LogP contribution is 2.19. The summed E-state index contributed by atoms with van der Waals surface area (Å²) in [6.07, 6.45) is -1.06. The van der Waals surface area contributed by atoms with Crippen molar-refractivity contribution in [2.75, 3.05) is 0 Å². The van der Waals surface area contributed by atoms with Crippen molar-refractivity contribution < 1.29 is 18.7 Å². The summed E-state index contributed by atoms with van der Waals surface area (Å²) < 4.78 is 11.6. The summed E-state index contributed by atoms with van der Waals surface area (Å²) in [5, 5.41) is 0.863. The van der Waals surface area contributed by atoms with Crippen LogP contribution in [0.15, 0.2) is 51.7 Å². The van der Waals surface area contributed by atoms with Gasteiger partial charge in [0.05, 0.1) is 11.9 Å². The number of ether oxygens (including phenoxy) is 1. The van der Waals surface area contributed by atoms with Crippen molar-refractivity contribution in [2.45, 2.75) is 26.0 Å². The molecule has 140 valence electrons. The molecule has 0 saturated carbocycles. The number of carbonyl (C=O) groups is 2. The van der Waals surface area contributed by atoms with Crippen LogP contribution in [0.1, 0.15) is 23.7 Å². The number of carbonyl (C=O) groups excluding carboxylic acids is 2. The second kappa shape index (κ2) is 7.98. The standard InChI is InChI=1S/C19H15Cl2NO5/c1-11(18(24)12-3-2-4-13(20)9-12)26-17(23)7-8-22-15-6-5-14(21)10-16(15)27-19(22)25/h2-6,9-11H,7-8H2,1H3. The molecule has 8 heteroatoms. The summed E-state index contributed by atoms with van der Waals surface area (Å²) in [7, 11) is 0. The van der Waals surface area contributed by atoms with Gasteiger partial charge < -0.3 is 9.15 Å². The predicted molar refractivity (Wildman–Crippen MR) is 101 cm³/mol. The molecule has 0 aliphatic heterocycles. The van der Waals surface area contributed by atoms with Crippen molar-refractivity contribution in [1.29, 1.82) is 0 Å². The molecular formula is C19H15Cl2NO5. The Bertz CT molecular complexity index is 1070. The first kappa shape index (κ1) is 19.2. The van der Waals surface area contributed by atoms with Gasteiger partial charge in [0.2, 0.25) is 5.78 Å². The van der Waals surface area contributed by atoms with Crippen molar-refractivity contribution in [3.63, 3.8) is 0 Å². The molecule has 0 radical (unpaired) electrons. The Morgan fingerprint density at radius 1 is 1.15 bits per heavy atom. The van der Waals surface area contributed by atoms with Crippen molar-refractivity contribution in [3.8, 4) is 0 Å². The number of aromatic nitrogens is 1. The molecule has 0 amide bonds. The normalized spacial score (nSPS) is 12.1. The lowest BCUT2D eigenvalue weighted by Gasteiger charge is -2.12. The number of esters is 1. The zero-order chi connectivity index (χ0) is 19.6. The SMILES string of the molecule is CC(OC(=O)CCn1c(=O)oc2cc(Cl)ccc21)C(=O)c1cccc(Cl)c1. The van der Waals surface area contributed by atoms with E-state index < -0.39 is 17.8 Å². The maximum absolute atomic E-state index is 12.3. The number of ketones is 1. The summed E-state index contributed by atoms with van der Waals surface area (Å²) in [5.74, 6) is -1.55. The third-order valence-corrected chi connectivity index (χ3v) is 4.43. The Labute approximate surface area is 164 Å². The van der Waals surface area contributed by atoms with Crippen molar-refractivity contribution in [3.05, 3.63) is 68.6 Å². The monoisotopic (exact) mass is 407 g/mol. The predicted octanol–water partition coefficient (Wildman–Crippen LogP) is 4.11. The Morgan fingerprint density at radius 3 is 2.63 bits per heavy atom. The number of aryl methyl sites for hydroxylation is 1. The van der Waals surface area contributed by atoms with Crippen LogP contribution in [-0.4, -0.2) is 22.4 Å². The number of benzene rings is 2. The average molecular weight is 408 g/mol. The van der Waals surface area contributed by atoms with Gasteiger partial charge in [0.1, 0.15) is 0 Å². The van der Waals surface area contributed by atoms with Gasteiger partial charge in [0.25, 0.3) is 0 Å². The molecule has 1 heterocycles. The highest BCUT2D eigenvalue weighted by molar-refractivity contribution is 6.31. The largest absolute Gasteiger partial charge is 0.454 e. The van der Waals surface area contributed by atoms with E-state index in [1.807, 2.05) is 0 Å². The van der Waals surface area contributed by atoms with Gasteiger partial charge >= 0.3 is 11.7 Å². The first-order valence-electron chi connectivity index (χ1n) is 8.13. The van der Waals surface area contributed by atoms with Gasteiger partial charge in [-0.15, -0.1) is 0 Å². The fourth-order valence-electron chi connectivity index (χ4n) is 2.64. The number of hydrogen-bond acceptors (Lipinski definition) is 5. The molecule has 3 aromatic rings. The van der Waals surface area contributed by atoms with Crippen LogP contribution in [0.2, 0.25) is 10.0 Å². The van der Waals surface area contributed by atoms with E-state index in [2.05, 4.69) is 0 Å². The molecule has 0 N–H and O–H groups in total. The topological polar surface area (TPSA) is 78.5 Å². The number of rotatable bonds is 6. The van der Waals surface area contributed by atoms with Crippen LogP contribution >= 0.6 is 23.2 Å². The fraction of sp³-hybridized carbons (Fsp3) is 0.211. The third kappa shape index (κ3) is 4.40. The van der Waals surface area contributed by atoms with Gasteiger partial charge in [-0.3, -0.25) is 14.2 Å². The van der Waals surface area contributed by atoms with E-state index >= 15 is 0 Å². The number of oxazole rings is 1. The quantitative estimate of drug-likeness (QED) is 0.453. The number of hydrogen-bond donors (Lipinski definition) is 0. The molecule has 0 fully saturated rings. The Hall–Kier alpha value is -2.57. The maximum Gasteiger partial charge on any atom is 0.419 e. The van der Waals surface area contributed by atoms with E-state index in [4.69, 9.17) is 32.4 Å². The van der Waals surface area contributed by atoms with E-state index in [0.717, 1.165) is 0 Å². The van der Waals surface area contributed by atoms with E-state index in [9.17, 15) is 14.4 Å². The first-order valence-corrected chi connectivity index (χ1v) is 8.89. The average Bonchev–Trinajstić information content (AvgIpc) is 2.93. The zero-order valence-corrected chi connectivity index (χ0v) is 15.8. The molecule has 6 nitrogen and oxygen atoms in total. The van der Waals surface area contributed by atoms with Crippen LogP contribution in [0.25, 0.3) is 11.1 Å². The van der Waals surface area contributed by atoms with Gasteiger partial charge in [-0.2, -0.15) is 0 Å². The lowest BCUT2D eigenvalue weighted by molar-refractivity contribution is -0.146. The molecule has 0 bridgehead atoms. The second-order valence-corrected chi connectivity index (χ2v) is 6.76. The molecule has 3 rings (SSSR count). The number of halogens is 2. The van der Waals surface area contributed by atoms with Crippen molar-refractivity contribution in [2.24, 2.45) is 0 Å². The zero-order valence-electron chi connectivity index (χ0n) is 14.3. The van der Waals surface area contributed by atoms with Gasteiger partial charge in [0, 0.05) is 28.2 Å². The molecule has 1 aromatic heterocycles. The van der Waals surface area contributed by atoms with E-state index in [0.29, 0.717) is 26.7 Å². The fourth-order valence-corrected chi connectivity index (χ4v) is 2.99. The van der Waals surface area contributed by atoms with E-state index in [1.54, 1.807) is 30.3 Å². The molecular weight excluding hydrogens is 393 g/mol. The van der Waals surface area contributed by atoms with Crippen LogP contribution in [0.5, 0.6) is 0 Å². The minimum atomic E-state index is -0.965. The Morgan fingerprint density at radius 2 is 1.89 bits per heavy atom. The highest BCUT2D eigenvalue weighted by Gasteiger charge is 2.20. The molecule has 0 aliphatic rings. The maximum atomic E-state index is 12.3. The number of nitrogens with zero attached hydrogens (tertiary/aromatic N) is 1. The van der Waals surface area contributed by atoms with Crippen molar-refractivity contribution in [1.82, 2.24) is 4.57 Å². The van der Waals surface area contributed by atoms with Gasteiger partial charge in [-0.1, -0.05) is 35.3 Å². The Balaban J connectivity index is 1.64. The molecule has 27 heavy (non-hydrogen) atoms. The third-order valence-electron chi connectivity index (χ3n) is 3.96. The summed E-state index contributed by atoms with van der Waals surface area (Å²) in [6.45, 7) is 1.55. The minimum absolute atomic E-state index is 0.0599. The summed E-state index contributed by atoms with van der Waals surface area (Å²) in [5.41, 5.74) is 1.22. The lowest BCUT2D eigenvalue weighted by Crippen LogP contribution is -2.25. The summed E-state index contributed by atoms with van der Waals surface area (Å²) in [6, 6.07) is 11.2. The molecule has 1 atom stereocenters. The van der Waals surface area contributed by atoms with Gasteiger partial charge in [0.15, 0.2) is 11.7 Å². The summed E-state index contributed by atoms with van der Waals surface area (Å²) >= 11 is 11.7. The highest BCUT2D eigenvalue weighted by atomic mass is 35.5. The van der Waals surface area contributed by atoms with Crippen LogP contribution in [0.3, 0.4) is 0 Å². The van der Waals surface area contributed by atoms with Crippen LogP contribution in [0, 0.1) is 0 Å². The Kier molecular flexibility index (Phi) is 5.68. The van der Waals surface area contributed by atoms with Gasteiger partial charge in [-0.05, 0) is 31.2 Å². The van der Waals surface area contributed by atoms with Gasteiger partial charge in [-0.25, -0.2) is 4.79 Å². The second-order valence-electron chi connectivity index (χ2n) is 5.89. The summed E-state index contributed by atoms with van der Waals surface area (Å²) in [4.78, 5) is 36.3. The molecule has 2 aromatic carbocycles. The van der Waals surface area contributed by atoms with E-state index in [1.165, 1.54) is 23.6 Å². The lowest BCUT2D eigenvalue weighted by atomic mass is 10.1. The number of Topliss-reactive ketones (excluding diaryl/α,β-unsaturated/α-hetero) is 1. The van der Waals surface area contributed by atoms with Crippen LogP contribution in [0.4, 0.5) is 0 Å². The minimum Gasteiger partial charge on any atom is -0.454 e. The molecule has 0 saturated heterocycles. The molecule has 1 unspecified atom stereocenters. The van der Waals surface area contributed by atoms with Crippen LogP contribution in [-0.2, 0) is 16.1 Å². The molecule has 0 spiro atoms. The number of fused-ring (bicyclic) bond motifs is 1. The van der Waals surface area contributed by atoms with Crippen LogP contribution < -0.4 is 5.76 Å². The van der Waals surface area contributed by atoms with Crippen molar-refractivity contribution >= 4 is 46.1 Å². The smallest absolute Gasteiger partial charge is 0.419 e. The first-order chi connectivity index (χ1) is 12.8. The van der Waals surface area contributed by atoms with E-state index in [-0.39, 0.29) is 18.7 Å². The molecule has 0 aliphatic carbocycles.